The number of hydrogen-bond donors (Lipinski definition) is 0. The number of unbranched alkanes of at least 4 members (excludes halogenated alkanes) is 7. The van der Waals surface area contributed by atoms with Crippen LogP contribution in [0.1, 0.15) is 58.3 Å². The summed E-state index contributed by atoms with van der Waals surface area (Å²) in [6.45, 7) is 7.75. The SMILES string of the molecule is CCCCCCCCCCN1CCOCC1. The first kappa shape index (κ1) is 14.0. The molecular formula is C14H29NO. The summed E-state index contributed by atoms with van der Waals surface area (Å²) >= 11 is 0. The van der Waals surface area contributed by atoms with Crippen LogP contribution in [0.3, 0.4) is 0 Å². The van der Waals surface area contributed by atoms with Gasteiger partial charge in [0.15, 0.2) is 0 Å². The Balaban J connectivity index is 1.77. The Morgan fingerprint density at radius 1 is 0.812 bits per heavy atom. The molecule has 0 aromatic heterocycles. The van der Waals surface area contributed by atoms with Crippen LogP contribution in [0.2, 0.25) is 0 Å². The van der Waals surface area contributed by atoms with Crippen LogP contribution in [0.25, 0.3) is 0 Å². The molecule has 1 fully saturated rings. The summed E-state index contributed by atoms with van der Waals surface area (Å²) in [5, 5.41) is 0. The molecule has 0 aliphatic carbocycles. The molecule has 0 spiro atoms. The van der Waals surface area contributed by atoms with Gasteiger partial charge in [-0.15, -0.1) is 0 Å². The molecule has 0 aromatic carbocycles. The van der Waals surface area contributed by atoms with Crippen LogP contribution in [0, 0.1) is 0 Å². The fourth-order valence-electron chi connectivity index (χ4n) is 2.29. The maximum absolute atomic E-state index is 5.34. The van der Waals surface area contributed by atoms with Gasteiger partial charge in [-0.25, -0.2) is 0 Å². The van der Waals surface area contributed by atoms with Crippen molar-refractivity contribution in [2.45, 2.75) is 58.3 Å². The average Bonchev–Trinajstić information content (AvgIpc) is 2.34. The highest BCUT2D eigenvalue weighted by atomic mass is 16.5. The van der Waals surface area contributed by atoms with E-state index in [1.54, 1.807) is 0 Å². The Hall–Kier alpha value is -0.0800. The monoisotopic (exact) mass is 227 g/mol. The Bertz CT molecular complexity index is 144. The van der Waals surface area contributed by atoms with E-state index >= 15 is 0 Å². The minimum absolute atomic E-state index is 0.941. The Kier molecular flexibility index (Phi) is 8.83. The number of morpholine rings is 1. The van der Waals surface area contributed by atoms with Crippen LogP contribution in [-0.4, -0.2) is 37.7 Å². The van der Waals surface area contributed by atoms with E-state index in [0.717, 1.165) is 26.3 Å². The zero-order chi connectivity index (χ0) is 11.5. The van der Waals surface area contributed by atoms with Crippen molar-refractivity contribution >= 4 is 0 Å². The predicted molar refractivity (Wildman–Crippen MR) is 69.9 cm³/mol. The molecule has 0 amide bonds. The zero-order valence-electron chi connectivity index (χ0n) is 11.0. The highest BCUT2D eigenvalue weighted by Crippen LogP contribution is 2.09. The average molecular weight is 227 g/mol. The molecule has 1 rings (SSSR count). The molecule has 0 atom stereocenters. The van der Waals surface area contributed by atoms with Crippen LogP contribution in [-0.2, 0) is 4.74 Å². The number of rotatable bonds is 9. The van der Waals surface area contributed by atoms with E-state index in [-0.39, 0.29) is 0 Å². The summed E-state index contributed by atoms with van der Waals surface area (Å²) in [5.41, 5.74) is 0. The molecule has 2 heteroatoms. The summed E-state index contributed by atoms with van der Waals surface area (Å²) in [6.07, 6.45) is 11.4. The van der Waals surface area contributed by atoms with E-state index in [1.807, 2.05) is 0 Å². The topological polar surface area (TPSA) is 12.5 Å². The maximum Gasteiger partial charge on any atom is 0.0594 e. The number of hydrogen-bond acceptors (Lipinski definition) is 2. The third-order valence-electron chi connectivity index (χ3n) is 3.43. The fourth-order valence-corrected chi connectivity index (χ4v) is 2.29. The second-order valence-corrected chi connectivity index (χ2v) is 4.93. The van der Waals surface area contributed by atoms with Crippen molar-refractivity contribution in [3.63, 3.8) is 0 Å². The summed E-state index contributed by atoms with van der Waals surface area (Å²) in [7, 11) is 0. The van der Waals surface area contributed by atoms with Gasteiger partial charge in [0.2, 0.25) is 0 Å². The second-order valence-electron chi connectivity index (χ2n) is 4.93. The van der Waals surface area contributed by atoms with Crippen LogP contribution < -0.4 is 0 Å². The van der Waals surface area contributed by atoms with Gasteiger partial charge in [0.1, 0.15) is 0 Å². The molecule has 0 aromatic rings. The Morgan fingerprint density at radius 2 is 1.38 bits per heavy atom. The highest BCUT2D eigenvalue weighted by molar-refractivity contribution is 4.61. The van der Waals surface area contributed by atoms with Crippen molar-refractivity contribution in [3.05, 3.63) is 0 Å². The smallest absolute Gasteiger partial charge is 0.0594 e. The van der Waals surface area contributed by atoms with Crippen molar-refractivity contribution in [2.24, 2.45) is 0 Å². The third kappa shape index (κ3) is 7.24. The van der Waals surface area contributed by atoms with E-state index < -0.39 is 0 Å². The molecule has 0 bridgehead atoms. The van der Waals surface area contributed by atoms with Crippen molar-refractivity contribution in [1.82, 2.24) is 4.90 Å². The van der Waals surface area contributed by atoms with E-state index in [9.17, 15) is 0 Å². The molecule has 0 N–H and O–H groups in total. The van der Waals surface area contributed by atoms with Gasteiger partial charge in [-0.05, 0) is 13.0 Å². The lowest BCUT2D eigenvalue weighted by Crippen LogP contribution is -2.36. The molecule has 0 unspecified atom stereocenters. The molecular weight excluding hydrogens is 198 g/mol. The third-order valence-corrected chi connectivity index (χ3v) is 3.43. The van der Waals surface area contributed by atoms with Gasteiger partial charge in [-0.2, -0.15) is 0 Å². The summed E-state index contributed by atoms with van der Waals surface area (Å²) in [4.78, 5) is 2.54. The van der Waals surface area contributed by atoms with Crippen molar-refractivity contribution in [1.29, 1.82) is 0 Å². The predicted octanol–water partition coefficient (Wildman–Crippen LogP) is 3.46. The first-order valence-electron chi connectivity index (χ1n) is 7.23. The van der Waals surface area contributed by atoms with Crippen LogP contribution in [0.5, 0.6) is 0 Å². The van der Waals surface area contributed by atoms with Crippen LogP contribution in [0.4, 0.5) is 0 Å². The number of ether oxygens (including phenoxy) is 1. The lowest BCUT2D eigenvalue weighted by molar-refractivity contribution is 0.0371. The molecule has 1 saturated heterocycles. The van der Waals surface area contributed by atoms with E-state index in [4.69, 9.17) is 4.74 Å². The summed E-state index contributed by atoms with van der Waals surface area (Å²) < 4.78 is 5.34. The largest absolute Gasteiger partial charge is 0.379 e. The molecule has 96 valence electrons. The molecule has 1 heterocycles. The zero-order valence-corrected chi connectivity index (χ0v) is 11.0. The molecule has 16 heavy (non-hydrogen) atoms. The normalized spacial score (nSPS) is 17.8. The number of nitrogens with zero attached hydrogens (tertiary/aromatic N) is 1. The Morgan fingerprint density at radius 3 is 2.00 bits per heavy atom. The fraction of sp³-hybridized carbons (Fsp3) is 1.00. The first-order chi connectivity index (χ1) is 7.93. The van der Waals surface area contributed by atoms with Gasteiger partial charge in [0.25, 0.3) is 0 Å². The van der Waals surface area contributed by atoms with E-state index in [1.165, 1.54) is 57.9 Å². The van der Waals surface area contributed by atoms with Gasteiger partial charge in [-0.1, -0.05) is 51.9 Å². The Labute approximate surface area is 101 Å². The van der Waals surface area contributed by atoms with Crippen LogP contribution >= 0.6 is 0 Å². The summed E-state index contributed by atoms with van der Waals surface area (Å²) in [6, 6.07) is 0. The highest BCUT2D eigenvalue weighted by Gasteiger charge is 2.08. The molecule has 0 saturated carbocycles. The maximum atomic E-state index is 5.34. The van der Waals surface area contributed by atoms with Crippen molar-refractivity contribution in [2.75, 3.05) is 32.8 Å². The van der Waals surface area contributed by atoms with E-state index in [2.05, 4.69) is 11.8 Å². The standard InChI is InChI=1S/C14H29NO/c1-2-3-4-5-6-7-8-9-10-15-11-13-16-14-12-15/h2-14H2,1H3. The van der Waals surface area contributed by atoms with Gasteiger partial charge in [0.05, 0.1) is 13.2 Å². The second kappa shape index (κ2) is 10.1. The first-order valence-corrected chi connectivity index (χ1v) is 7.23. The lowest BCUT2D eigenvalue weighted by Gasteiger charge is -2.26. The lowest BCUT2D eigenvalue weighted by atomic mass is 10.1. The molecule has 2 nitrogen and oxygen atoms in total. The van der Waals surface area contributed by atoms with Gasteiger partial charge >= 0.3 is 0 Å². The van der Waals surface area contributed by atoms with E-state index in [0.29, 0.717) is 0 Å². The minimum atomic E-state index is 0.941. The van der Waals surface area contributed by atoms with Crippen molar-refractivity contribution in [3.8, 4) is 0 Å². The molecule has 0 radical (unpaired) electrons. The molecule has 1 aliphatic heterocycles. The van der Waals surface area contributed by atoms with Gasteiger partial charge in [-0.3, -0.25) is 4.90 Å². The minimum Gasteiger partial charge on any atom is -0.379 e. The van der Waals surface area contributed by atoms with Gasteiger partial charge < -0.3 is 4.74 Å². The van der Waals surface area contributed by atoms with Crippen LogP contribution in [0.15, 0.2) is 0 Å². The van der Waals surface area contributed by atoms with Gasteiger partial charge in [0, 0.05) is 13.1 Å². The van der Waals surface area contributed by atoms with Crippen molar-refractivity contribution < 1.29 is 4.74 Å². The molecule has 1 aliphatic rings. The summed E-state index contributed by atoms with van der Waals surface area (Å²) in [5.74, 6) is 0. The quantitative estimate of drug-likeness (QED) is 0.559.